The predicted molar refractivity (Wildman–Crippen MR) is 79.7 cm³/mol. The molecule has 122 valence electrons. The molecule has 1 aliphatic rings. The van der Waals surface area contributed by atoms with Gasteiger partial charge in [0.05, 0.1) is 0 Å². The second kappa shape index (κ2) is 7.54. The van der Waals surface area contributed by atoms with Crippen molar-refractivity contribution in [2.24, 2.45) is 0 Å². The van der Waals surface area contributed by atoms with Crippen LogP contribution in [0.15, 0.2) is 18.2 Å². The van der Waals surface area contributed by atoms with Gasteiger partial charge in [0, 0.05) is 25.2 Å². The van der Waals surface area contributed by atoms with Gasteiger partial charge in [0.15, 0.2) is 17.7 Å². The molecule has 1 aromatic rings. The summed E-state index contributed by atoms with van der Waals surface area (Å²) in [5.74, 6) is -1.89. The van der Waals surface area contributed by atoms with E-state index >= 15 is 0 Å². The highest BCUT2D eigenvalue weighted by atomic mass is 19.2. The molecule has 0 aliphatic carbocycles. The smallest absolute Gasteiger partial charge is 0.263 e. The van der Waals surface area contributed by atoms with Crippen LogP contribution >= 0.6 is 0 Å². The highest BCUT2D eigenvalue weighted by molar-refractivity contribution is 5.81. The fourth-order valence-corrected chi connectivity index (χ4v) is 2.66. The Balaban J connectivity index is 2.03. The van der Waals surface area contributed by atoms with Crippen molar-refractivity contribution in [2.75, 3.05) is 19.6 Å². The lowest BCUT2D eigenvalue weighted by Crippen LogP contribution is -2.47. The van der Waals surface area contributed by atoms with Gasteiger partial charge in [-0.25, -0.2) is 8.78 Å². The first-order chi connectivity index (χ1) is 10.5. The number of nitrogens with one attached hydrogen (secondary N) is 1. The maximum atomic E-state index is 13.2. The molecule has 0 spiro atoms. The summed E-state index contributed by atoms with van der Waals surface area (Å²) in [7, 11) is 0. The third-order valence-corrected chi connectivity index (χ3v) is 3.77. The Morgan fingerprint density at radius 1 is 1.45 bits per heavy atom. The lowest BCUT2D eigenvalue weighted by Gasteiger charge is -2.30. The molecule has 1 aromatic carbocycles. The number of hydrogen-bond donors (Lipinski definition) is 1. The minimum Gasteiger partial charge on any atom is -0.481 e. The van der Waals surface area contributed by atoms with Crippen molar-refractivity contribution < 1.29 is 18.3 Å². The molecule has 2 atom stereocenters. The summed E-state index contributed by atoms with van der Waals surface area (Å²) in [5, 5.41) is 3.24. The minimum atomic E-state index is -0.984. The number of benzene rings is 1. The summed E-state index contributed by atoms with van der Waals surface area (Å²) >= 11 is 0. The highest BCUT2D eigenvalue weighted by Gasteiger charge is 2.29. The Morgan fingerprint density at radius 2 is 2.23 bits per heavy atom. The number of nitrogens with zero attached hydrogens (tertiary/aromatic N) is 1. The molecule has 6 heteroatoms. The van der Waals surface area contributed by atoms with Gasteiger partial charge in [-0.3, -0.25) is 4.79 Å². The monoisotopic (exact) mass is 312 g/mol. The van der Waals surface area contributed by atoms with E-state index in [2.05, 4.69) is 5.32 Å². The summed E-state index contributed by atoms with van der Waals surface area (Å²) in [4.78, 5) is 14.4. The van der Waals surface area contributed by atoms with Crippen LogP contribution in [0.5, 0.6) is 5.75 Å². The molecule has 1 N–H and O–H groups in total. The van der Waals surface area contributed by atoms with Gasteiger partial charge in [-0.15, -0.1) is 0 Å². The minimum absolute atomic E-state index is 0.125. The van der Waals surface area contributed by atoms with Crippen molar-refractivity contribution in [2.45, 2.75) is 38.8 Å². The van der Waals surface area contributed by atoms with Crippen molar-refractivity contribution in [1.29, 1.82) is 0 Å². The normalized spacial score (nSPS) is 19.0. The SMILES string of the molecule is CCCN(C(=O)C(C)Oc1ccc(F)c(F)c1)C1CCNC1. The molecule has 4 nitrogen and oxygen atoms in total. The van der Waals surface area contributed by atoms with Crippen LogP contribution in [-0.4, -0.2) is 42.6 Å². The van der Waals surface area contributed by atoms with Crippen LogP contribution in [0.3, 0.4) is 0 Å². The van der Waals surface area contributed by atoms with Gasteiger partial charge in [0.1, 0.15) is 5.75 Å². The van der Waals surface area contributed by atoms with E-state index in [9.17, 15) is 13.6 Å². The van der Waals surface area contributed by atoms with Crippen LogP contribution in [0.1, 0.15) is 26.7 Å². The molecule has 1 amide bonds. The van der Waals surface area contributed by atoms with Crippen LogP contribution in [0.25, 0.3) is 0 Å². The zero-order chi connectivity index (χ0) is 16.1. The zero-order valence-electron chi connectivity index (χ0n) is 12.9. The van der Waals surface area contributed by atoms with E-state index < -0.39 is 17.7 Å². The molecule has 0 radical (unpaired) electrons. The summed E-state index contributed by atoms with van der Waals surface area (Å²) < 4.78 is 31.6. The third-order valence-electron chi connectivity index (χ3n) is 3.77. The predicted octanol–water partition coefficient (Wildman–Crippen LogP) is 2.33. The van der Waals surface area contributed by atoms with E-state index in [0.717, 1.165) is 38.1 Å². The lowest BCUT2D eigenvalue weighted by atomic mass is 10.2. The number of carbonyl (C=O) groups is 1. The number of halogens is 2. The van der Waals surface area contributed by atoms with Crippen molar-refractivity contribution in [3.05, 3.63) is 29.8 Å². The topological polar surface area (TPSA) is 41.6 Å². The van der Waals surface area contributed by atoms with Crippen molar-refractivity contribution in [3.8, 4) is 5.75 Å². The molecular weight excluding hydrogens is 290 g/mol. The van der Waals surface area contributed by atoms with E-state index in [4.69, 9.17) is 4.74 Å². The maximum absolute atomic E-state index is 13.2. The van der Waals surface area contributed by atoms with E-state index in [-0.39, 0.29) is 17.7 Å². The fraction of sp³-hybridized carbons (Fsp3) is 0.562. The zero-order valence-corrected chi connectivity index (χ0v) is 12.9. The second-order valence-corrected chi connectivity index (χ2v) is 5.51. The summed E-state index contributed by atoms with van der Waals surface area (Å²) in [6.07, 6.45) is 1.04. The Kier molecular flexibility index (Phi) is 5.71. The van der Waals surface area contributed by atoms with E-state index in [0.29, 0.717) is 6.54 Å². The van der Waals surface area contributed by atoms with Crippen molar-refractivity contribution >= 4 is 5.91 Å². The van der Waals surface area contributed by atoms with Crippen LogP contribution in [0, 0.1) is 11.6 Å². The molecule has 0 aromatic heterocycles. The molecule has 1 heterocycles. The summed E-state index contributed by atoms with van der Waals surface area (Å²) in [6, 6.07) is 3.44. The number of hydrogen-bond acceptors (Lipinski definition) is 3. The van der Waals surface area contributed by atoms with E-state index in [1.807, 2.05) is 11.8 Å². The molecule has 22 heavy (non-hydrogen) atoms. The largest absolute Gasteiger partial charge is 0.481 e. The Bertz CT molecular complexity index is 519. The average molecular weight is 312 g/mol. The van der Waals surface area contributed by atoms with Crippen molar-refractivity contribution in [3.63, 3.8) is 0 Å². The van der Waals surface area contributed by atoms with Crippen LogP contribution < -0.4 is 10.1 Å². The van der Waals surface area contributed by atoms with Gasteiger partial charge in [-0.1, -0.05) is 6.92 Å². The van der Waals surface area contributed by atoms with E-state index in [1.54, 1.807) is 6.92 Å². The molecule has 1 aliphatic heterocycles. The van der Waals surface area contributed by atoms with Crippen LogP contribution in [0.4, 0.5) is 8.78 Å². The molecule has 1 fully saturated rings. The van der Waals surface area contributed by atoms with Crippen LogP contribution in [-0.2, 0) is 4.79 Å². The van der Waals surface area contributed by atoms with Gasteiger partial charge in [-0.2, -0.15) is 0 Å². The molecule has 1 saturated heterocycles. The average Bonchev–Trinajstić information content (AvgIpc) is 3.02. The lowest BCUT2D eigenvalue weighted by molar-refractivity contribution is -0.140. The Morgan fingerprint density at radius 3 is 2.82 bits per heavy atom. The van der Waals surface area contributed by atoms with E-state index in [1.165, 1.54) is 6.07 Å². The number of ether oxygens (including phenoxy) is 1. The first-order valence-corrected chi connectivity index (χ1v) is 7.65. The van der Waals surface area contributed by atoms with Gasteiger partial charge in [-0.05, 0) is 38.4 Å². The Labute approximate surface area is 129 Å². The van der Waals surface area contributed by atoms with Gasteiger partial charge >= 0.3 is 0 Å². The maximum Gasteiger partial charge on any atom is 0.263 e. The molecule has 2 rings (SSSR count). The van der Waals surface area contributed by atoms with Crippen molar-refractivity contribution in [1.82, 2.24) is 10.2 Å². The highest BCUT2D eigenvalue weighted by Crippen LogP contribution is 2.18. The summed E-state index contributed by atoms with van der Waals surface area (Å²) in [6.45, 7) is 6.00. The first-order valence-electron chi connectivity index (χ1n) is 7.65. The number of amides is 1. The second-order valence-electron chi connectivity index (χ2n) is 5.51. The molecular formula is C16H22F2N2O2. The number of rotatable bonds is 6. The van der Waals surface area contributed by atoms with Gasteiger partial charge in [0.2, 0.25) is 0 Å². The van der Waals surface area contributed by atoms with Gasteiger partial charge < -0.3 is 15.0 Å². The first kappa shape index (κ1) is 16.7. The standard InChI is InChI=1S/C16H22F2N2O2/c1-3-8-20(12-6-7-19-10-12)16(21)11(2)22-13-4-5-14(17)15(18)9-13/h4-5,9,11-12,19H,3,6-8,10H2,1-2H3. The molecule has 2 unspecified atom stereocenters. The quantitative estimate of drug-likeness (QED) is 0.876. The Hall–Kier alpha value is -1.69. The fourth-order valence-electron chi connectivity index (χ4n) is 2.66. The third kappa shape index (κ3) is 3.94. The molecule has 0 bridgehead atoms. The molecule has 0 saturated carbocycles. The summed E-state index contributed by atoms with van der Waals surface area (Å²) in [5.41, 5.74) is 0. The van der Waals surface area contributed by atoms with Crippen LogP contribution in [0.2, 0.25) is 0 Å². The number of carbonyl (C=O) groups excluding carboxylic acids is 1. The van der Waals surface area contributed by atoms with Gasteiger partial charge in [0.25, 0.3) is 5.91 Å².